The number of hydrogen-bond donors (Lipinski definition) is 0. The van der Waals surface area contributed by atoms with Gasteiger partial charge in [-0.05, 0) is 48.4 Å². The molecular weight excluding hydrogens is 387 g/mol. The van der Waals surface area contributed by atoms with Gasteiger partial charge in [-0.15, -0.1) is 0 Å². The summed E-state index contributed by atoms with van der Waals surface area (Å²) in [6, 6.07) is 13.2. The number of amides is 1. The summed E-state index contributed by atoms with van der Waals surface area (Å²) < 4.78 is 63.0. The highest BCUT2D eigenvalue weighted by Crippen LogP contribution is 2.31. The van der Waals surface area contributed by atoms with E-state index in [4.69, 9.17) is 0 Å². The van der Waals surface area contributed by atoms with Crippen LogP contribution < -0.4 is 4.31 Å². The molecule has 0 bridgehead atoms. The molecule has 0 aromatic heterocycles. The van der Waals surface area contributed by atoms with Gasteiger partial charge < -0.3 is 0 Å². The maximum absolute atomic E-state index is 12.9. The number of aryl methyl sites for hydroxylation is 1. The Morgan fingerprint density at radius 1 is 1.04 bits per heavy atom. The number of thioether (sulfide) groups is 1. The van der Waals surface area contributed by atoms with E-state index in [0.29, 0.717) is 15.8 Å². The van der Waals surface area contributed by atoms with Crippen molar-refractivity contribution in [2.75, 3.05) is 4.31 Å². The lowest BCUT2D eigenvalue weighted by atomic mass is 10.2. The van der Waals surface area contributed by atoms with E-state index in [9.17, 15) is 26.4 Å². The van der Waals surface area contributed by atoms with E-state index < -0.39 is 33.2 Å². The second-order valence-electron chi connectivity index (χ2n) is 5.12. The molecule has 0 spiro atoms. The van der Waals surface area contributed by atoms with Gasteiger partial charge in [0.15, 0.2) is 0 Å². The van der Waals surface area contributed by atoms with Crippen LogP contribution in [0.5, 0.6) is 0 Å². The zero-order valence-electron chi connectivity index (χ0n) is 13.5. The van der Waals surface area contributed by atoms with Crippen LogP contribution in [0.15, 0.2) is 71.0 Å². The normalized spacial score (nSPS) is 12.3. The van der Waals surface area contributed by atoms with Crippen molar-refractivity contribution in [3.8, 4) is 0 Å². The van der Waals surface area contributed by atoms with Crippen LogP contribution in [0.3, 0.4) is 0 Å². The summed E-state index contributed by atoms with van der Waals surface area (Å²) in [7, 11) is -4.29. The lowest BCUT2D eigenvalue weighted by Gasteiger charge is -2.21. The minimum Gasteiger partial charge on any atom is -0.268 e. The van der Waals surface area contributed by atoms with Crippen molar-refractivity contribution in [1.29, 1.82) is 0 Å². The van der Waals surface area contributed by atoms with Crippen LogP contribution in [0.2, 0.25) is 0 Å². The average molecular weight is 401 g/mol. The first-order chi connectivity index (χ1) is 12.1. The van der Waals surface area contributed by atoms with Crippen molar-refractivity contribution in [2.24, 2.45) is 0 Å². The van der Waals surface area contributed by atoms with Gasteiger partial charge in [-0.2, -0.15) is 17.5 Å². The fraction of sp³-hybridized carbons (Fsp3) is 0.118. The standard InChI is InChI=1S/C17H14F3NO3S2/c1-13-7-9-15(10-8-13)26(23,24)21(14-5-3-2-4-6-14)16(22)11-12-25-17(18,19)20/h2-12H,1H3. The van der Waals surface area contributed by atoms with Gasteiger partial charge in [-0.1, -0.05) is 35.9 Å². The highest BCUT2D eigenvalue weighted by atomic mass is 32.2. The summed E-state index contributed by atoms with van der Waals surface area (Å²) in [4.78, 5) is 12.3. The van der Waals surface area contributed by atoms with Gasteiger partial charge in [0.2, 0.25) is 0 Å². The zero-order valence-corrected chi connectivity index (χ0v) is 15.1. The topological polar surface area (TPSA) is 54.5 Å². The van der Waals surface area contributed by atoms with Gasteiger partial charge in [-0.3, -0.25) is 4.79 Å². The van der Waals surface area contributed by atoms with Gasteiger partial charge >= 0.3 is 5.51 Å². The molecule has 0 fully saturated rings. The highest BCUT2D eigenvalue weighted by molar-refractivity contribution is 8.03. The van der Waals surface area contributed by atoms with E-state index in [-0.39, 0.29) is 10.6 Å². The van der Waals surface area contributed by atoms with E-state index >= 15 is 0 Å². The number of para-hydroxylation sites is 1. The molecule has 0 unspecified atom stereocenters. The molecule has 26 heavy (non-hydrogen) atoms. The molecular formula is C17H14F3NO3S2. The van der Waals surface area contributed by atoms with Crippen LogP contribution in [0.25, 0.3) is 0 Å². The largest absolute Gasteiger partial charge is 0.445 e. The van der Waals surface area contributed by atoms with E-state index in [1.807, 2.05) is 0 Å². The average Bonchev–Trinajstić information content (AvgIpc) is 2.55. The van der Waals surface area contributed by atoms with Gasteiger partial charge in [0.05, 0.1) is 10.6 Å². The van der Waals surface area contributed by atoms with Crippen LogP contribution in [-0.2, 0) is 14.8 Å². The number of nitrogens with zero attached hydrogens (tertiary/aromatic N) is 1. The highest BCUT2D eigenvalue weighted by Gasteiger charge is 2.31. The SMILES string of the molecule is Cc1ccc(S(=O)(=O)N(C(=O)C=CSC(F)(F)F)c2ccccc2)cc1. The van der Waals surface area contributed by atoms with Crippen molar-refractivity contribution in [1.82, 2.24) is 0 Å². The molecule has 0 saturated carbocycles. The number of alkyl halides is 3. The number of benzene rings is 2. The Kier molecular flexibility index (Phi) is 6.14. The number of carbonyl (C=O) groups excluding carboxylic acids is 1. The predicted octanol–water partition coefficient (Wildman–Crippen LogP) is 4.48. The third-order valence-corrected chi connectivity index (χ3v) is 5.44. The first-order valence-electron chi connectivity index (χ1n) is 7.23. The fourth-order valence-electron chi connectivity index (χ4n) is 2.00. The molecule has 0 aliphatic carbocycles. The second-order valence-corrected chi connectivity index (χ2v) is 7.88. The van der Waals surface area contributed by atoms with Gasteiger partial charge in [0.1, 0.15) is 0 Å². The summed E-state index contributed by atoms with van der Waals surface area (Å²) in [6.07, 6.45) is 0.580. The molecule has 0 radical (unpaired) electrons. The van der Waals surface area contributed by atoms with Crippen molar-refractivity contribution in [3.63, 3.8) is 0 Å². The molecule has 2 aromatic rings. The molecule has 0 aliphatic heterocycles. The van der Waals surface area contributed by atoms with Crippen LogP contribution in [-0.4, -0.2) is 19.8 Å². The van der Waals surface area contributed by atoms with Crippen molar-refractivity contribution in [3.05, 3.63) is 71.6 Å². The molecule has 4 nitrogen and oxygen atoms in total. The van der Waals surface area contributed by atoms with Gasteiger partial charge in [0.25, 0.3) is 15.9 Å². The third kappa shape index (κ3) is 5.12. The molecule has 0 aliphatic rings. The number of anilines is 1. The van der Waals surface area contributed by atoms with Crippen LogP contribution in [0, 0.1) is 6.92 Å². The first-order valence-corrected chi connectivity index (χ1v) is 9.55. The number of rotatable bonds is 5. The number of carbonyl (C=O) groups is 1. The Labute approximate surface area is 153 Å². The molecule has 0 heterocycles. The van der Waals surface area contributed by atoms with Crippen LogP contribution >= 0.6 is 11.8 Å². The van der Waals surface area contributed by atoms with E-state index in [1.54, 1.807) is 25.1 Å². The predicted molar refractivity (Wildman–Crippen MR) is 95.1 cm³/mol. The molecule has 2 rings (SSSR count). The smallest absolute Gasteiger partial charge is 0.268 e. The van der Waals surface area contributed by atoms with Gasteiger partial charge in [-0.25, -0.2) is 8.42 Å². The molecule has 1 amide bonds. The van der Waals surface area contributed by atoms with E-state index in [2.05, 4.69) is 0 Å². The molecule has 9 heteroatoms. The number of hydrogen-bond acceptors (Lipinski definition) is 4. The quantitative estimate of drug-likeness (QED) is 0.693. The monoisotopic (exact) mass is 401 g/mol. The molecule has 138 valence electrons. The first kappa shape index (κ1) is 20.1. The Morgan fingerprint density at radius 3 is 2.15 bits per heavy atom. The maximum atomic E-state index is 12.9. The molecule has 2 aromatic carbocycles. The van der Waals surface area contributed by atoms with E-state index in [1.165, 1.54) is 36.4 Å². The van der Waals surface area contributed by atoms with Crippen LogP contribution in [0.1, 0.15) is 5.56 Å². The Hall–Kier alpha value is -2.26. The number of halogens is 3. The molecule has 0 atom stereocenters. The Morgan fingerprint density at radius 2 is 1.62 bits per heavy atom. The summed E-state index contributed by atoms with van der Waals surface area (Å²) in [5.74, 6) is -1.10. The fourth-order valence-corrected chi connectivity index (χ4v) is 3.73. The number of sulfonamides is 1. The summed E-state index contributed by atoms with van der Waals surface area (Å²) in [5.41, 5.74) is -3.72. The van der Waals surface area contributed by atoms with Crippen molar-refractivity contribution >= 4 is 33.4 Å². The Bertz CT molecular complexity index is 893. The van der Waals surface area contributed by atoms with Crippen molar-refractivity contribution < 1.29 is 26.4 Å². The summed E-state index contributed by atoms with van der Waals surface area (Å²) in [6.45, 7) is 1.77. The summed E-state index contributed by atoms with van der Waals surface area (Å²) >= 11 is -0.540. The van der Waals surface area contributed by atoms with Gasteiger partial charge in [0, 0.05) is 6.08 Å². The Balaban J connectivity index is 2.45. The maximum Gasteiger partial charge on any atom is 0.445 e. The van der Waals surface area contributed by atoms with E-state index in [0.717, 1.165) is 5.56 Å². The van der Waals surface area contributed by atoms with Crippen LogP contribution in [0.4, 0.5) is 18.9 Å². The van der Waals surface area contributed by atoms with Crippen molar-refractivity contribution in [2.45, 2.75) is 17.3 Å². The second kappa shape index (κ2) is 7.96. The minimum atomic E-state index is -4.57. The zero-order chi connectivity index (χ0) is 19.4. The lowest BCUT2D eigenvalue weighted by Crippen LogP contribution is -2.35. The molecule has 0 N–H and O–H groups in total. The minimum absolute atomic E-state index is 0.0275. The lowest BCUT2D eigenvalue weighted by molar-refractivity contribution is -0.113. The summed E-state index contributed by atoms with van der Waals surface area (Å²) in [5, 5.41) is 0.517. The third-order valence-electron chi connectivity index (χ3n) is 3.16. The molecule has 0 saturated heterocycles.